The van der Waals surface area contributed by atoms with Gasteiger partial charge >= 0.3 is 0 Å². The van der Waals surface area contributed by atoms with Crippen molar-refractivity contribution in [2.24, 2.45) is 5.73 Å². The third-order valence-corrected chi connectivity index (χ3v) is 3.34. The van der Waals surface area contributed by atoms with Gasteiger partial charge in [0.1, 0.15) is 11.3 Å². The van der Waals surface area contributed by atoms with Gasteiger partial charge in [-0.2, -0.15) is 5.26 Å². The molecule has 0 radical (unpaired) electrons. The largest absolute Gasteiger partial charge is 0.375 e. The lowest BCUT2D eigenvalue weighted by atomic mass is 10.1. The van der Waals surface area contributed by atoms with E-state index in [2.05, 4.69) is 5.32 Å². The monoisotopic (exact) mass is 341 g/mol. The lowest BCUT2D eigenvalue weighted by Gasteiger charge is -2.09. The fourth-order valence-electron chi connectivity index (χ4n) is 2.11. The van der Waals surface area contributed by atoms with Crippen molar-refractivity contribution in [2.45, 2.75) is 6.54 Å². The molecule has 0 aliphatic rings. The summed E-state index contributed by atoms with van der Waals surface area (Å²) in [6.07, 6.45) is 0. The predicted octanol–water partition coefficient (Wildman–Crippen LogP) is 2.09. The highest BCUT2D eigenvalue weighted by atomic mass is 16.6. The fraction of sp³-hybridized carbons (Fsp3) is 0.0667. The second kappa shape index (κ2) is 7.05. The molecule has 25 heavy (non-hydrogen) atoms. The van der Waals surface area contributed by atoms with Crippen LogP contribution in [-0.2, 0) is 6.54 Å². The number of hydrogen-bond donors (Lipinski definition) is 2. The summed E-state index contributed by atoms with van der Waals surface area (Å²) in [5, 5.41) is 33.6. The number of nitrogens with zero attached hydrogens (tertiary/aromatic N) is 3. The van der Waals surface area contributed by atoms with Crippen LogP contribution in [-0.4, -0.2) is 15.8 Å². The van der Waals surface area contributed by atoms with Gasteiger partial charge in [-0.25, -0.2) is 0 Å². The molecule has 3 N–H and O–H groups in total. The number of carbonyl (C=O) groups is 1. The average Bonchev–Trinajstić information content (AvgIpc) is 2.59. The zero-order chi connectivity index (χ0) is 18.6. The summed E-state index contributed by atoms with van der Waals surface area (Å²) in [6.45, 7) is 0.141. The Morgan fingerprint density at radius 3 is 2.20 bits per heavy atom. The van der Waals surface area contributed by atoms with Crippen LogP contribution in [0.5, 0.6) is 0 Å². The van der Waals surface area contributed by atoms with Crippen molar-refractivity contribution in [1.82, 2.24) is 0 Å². The maximum atomic E-state index is 11.4. The molecule has 0 spiro atoms. The number of carbonyl (C=O) groups excluding carboxylic acids is 1. The van der Waals surface area contributed by atoms with E-state index >= 15 is 0 Å². The molecule has 2 aromatic carbocycles. The van der Waals surface area contributed by atoms with E-state index < -0.39 is 32.7 Å². The van der Waals surface area contributed by atoms with Crippen molar-refractivity contribution in [3.05, 3.63) is 73.3 Å². The van der Waals surface area contributed by atoms with E-state index in [0.717, 1.165) is 6.07 Å². The van der Waals surface area contributed by atoms with Crippen molar-refractivity contribution in [3.63, 3.8) is 0 Å². The van der Waals surface area contributed by atoms with Crippen molar-refractivity contribution in [3.8, 4) is 6.07 Å². The Morgan fingerprint density at radius 2 is 1.72 bits per heavy atom. The molecule has 2 aromatic rings. The Hall–Kier alpha value is -4.00. The molecule has 0 atom stereocenters. The van der Waals surface area contributed by atoms with Gasteiger partial charge in [0.2, 0.25) is 0 Å². The summed E-state index contributed by atoms with van der Waals surface area (Å²) in [6, 6.07) is 10.1. The van der Waals surface area contributed by atoms with E-state index in [1.165, 1.54) is 0 Å². The summed E-state index contributed by atoms with van der Waals surface area (Å²) in [4.78, 5) is 31.8. The molecule has 0 fully saturated rings. The van der Waals surface area contributed by atoms with Gasteiger partial charge in [-0.1, -0.05) is 12.1 Å². The van der Waals surface area contributed by atoms with Crippen LogP contribution in [0.4, 0.5) is 17.1 Å². The Balaban J connectivity index is 2.39. The van der Waals surface area contributed by atoms with E-state index in [9.17, 15) is 25.0 Å². The van der Waals surface area contributed by atoms with Crippen molar-refractivity contribution in [1.29, 1.82) is 5.26 Å². The van der Waals surface area contributed by atoms with Gasteiger partial charge in [-0.3, -0.25) is 25.0 Å². The molecule has 0 aliphatic heterocycles. The molecule has 0 heterocycles. The smallest absolute Gasteiger partial charge is 0.299 e. The number of rotatable bonds is 6. The van der Waals surface area contributed by atoms with Crippen LogP contribution in [0.2, 0.25) is 0 Å². The molecule has 0 bridgehead atoms. The number of nitriles is 1. The standard InChI is InChI=1S/C15H11N5O5/c16-7-9-1-3-10(4-2-9)8-18-12-5-11(15(17)21)13(19(22)23)6-14(12)20(24)25/h1-6,18H,8H2,(H2,17,21). The number of primary amides is 1. The summed E-state index contributed by atoms with van der Waals surface area (Å²) in [5.74, 6) is -1.07. The quantitative estimate of drug-likeness (QED) is 0.599. The molecule has 0 aromatic heterocycles. The summed E-state index contributed by atoms with van der Waals surface area (Å²) >= 11 is 0. The predicted molar refractivity (Wildman–Crippen MR) is 86.8 cm³/mol. The SMILES string of the molecule is N#Cc1ccc(CNc2cc(C(N)=O)c([N+](=O)[O-])cc2[N+](=O)[O-])cc1. The second-order valence-electron chi connectivity index (χ2n) is 4.93. The van der Waals surface area contributed by atoms with Crippen LogP contribution in [0.1, 0.15) is 21.5 Å². The van der Waals surface area contributed by atoms with Crippen LogP contribution in [0.25, 0.3) is 0 Å². The minimum absolute atomic E-state index is 0.0752. The number of nitrogens with one attached hydrogen (secondary N) is 1. The number of anilines is 1. The van der Waals surface area contributed by atoms with E-state index in [-0.39, 0.29) is 12.2 Å². The number of hydrogen-bond acceptors (Lipinski definition) is 7. The number of nitro groups is 2. The topological polar surface area (TPSA) is 165 Å². The molecular weight excluding hydrogens is 330 g/mol. The molecule has 0 saturated heterocycles. The summed E-state index contributed by atoms with van der Waals surface area (Å²) < 4.78 is 0. The zero-order valence-corrected chi connectivity index (χ0v) is 12.6. The highest BCUT2D eigenvalue weighted by Crippen LogP contribution is 2.32. The summed E-state index contributed by atoms with van der Waals surface area (Å²) in [5.41, 5.74) is 4.50. The minimum Gasteiger partial charge on any atom is -0.375 e. The Bertz CT molecular complexity index is 902. The molecule has 2 rings (SSSR count). The molecule has 0 unspecified atom stereocenters. The van der Waals surface area contributed by atoms with Gasteiger partial charge in [-0.15, -0.1) is 0 Å². The lowest BCUT2D eigenvalue weighted by Crippen LogP contribution is -2.15. The zero-order valence-electron chi connectivity index (χ0n) is 12.6. The van der Waals surface area contributed by atoms with Crippen LogP contribution in [0, 0.1) is 31.6 Å². The van der Waals surface area contributed by atoms with E-state index in [1.807, 2.05) is 6.07 Å². The van der Waals surface area contributed by atoms with Gasteiger partial charge in [0.05, 0.1) is 27.5 Å². The van der Waals surface area contributed by atoms with Gasteiger partial charge in [-0.05, 0) is 23.8 Å². The minimum atomic E-state index is -1.07. The first kappa shape index (κ1) is 17.4. The third-order valence-electron chi connectivity index (χ3n) is 3.34. The molecule has 10 nitrogen and oxygen atoms in total. The second-order valence-corrected chi connectivity index (χ2v) is 4.93. The number of benzene rings is 2. The molecule has 1 amide bonds. The first-order chi connectivity index (χ1) is 11.8. The van der Waals surface area contributed by atoms with Crippen molar-refractivity contribution < 1.29 is 14.6 Å². The maximum absolute atomic E-state index is 11.4. The highest BCUT2D eigenvalue weighted by Gasteiger charge is 2.26. The normalized spacial score (nSPS) is 9.88. The van der Waals surface area contributed by atoms with E-state index in [0.29, 0.717) is 17.2 Å². The first-order valence-corrected chi connectivity index (χ1v) is 6.83. The highest BCUT2D eigenvalue weighted by molar-refractivity contribution is 5.99. The lowest BCUT2D eigenvalue weighted by molar-refractivity contribution is -0.393. The molecule has 0 aliphatic carbocycles. The van der Waals surface area contributed by atoms with Crippen LogP contribution in [0.3, 0.4) is 0 Å². The van der Waals surface area contributed by atoms with Crippen molar-refractivity contribution in [2.75, 3.05) is 5.32 Å². The van der Waals surface area contributed by atoms with Crippen LogP contribution < -0.4 is 11.1 Å². The fourth-order valence-corrected chi connectivity index (χ4v) is 2.11. The summed E-state index contributed by atoms with van der Waals surface area (Å²) in [7, 11) is 0. The maximum Gasteiger partial charge on any atom is 0.299 e. The van der Waals surface area contributed by atoms with Gasteiger partial charge in [0, 0.05) is 6.54 Å². The molecule has 10 heteroatoms. The van der Waals surface area contributed by atoms with Crippen LogP contribution in [0.15, 0.2) is 36.4 Å². The van der Waals surface area contributed by atoms with Crippen molar-refractivity contribution >= 4 is 23.0 Å². The third kappa shape index (κ3) is 3.85. The Labute approximate surface area is 140 Å². The first-order valence-electron chi connectivity index (χ1n) is 6.83. The average molecular weight is 341 g/mol. The van der Waals surface area contributed by atoms with Crippen LogP contribution >= 0.6 is 0 Å². The van der Waals surface area contributed by atoms with E-state index in [4.69, 9.17) is 11.0 Å². The van der Waals surface area contributed by atoms with E-state index in [1.54, 1.807) is 24.3 Å². The van der Waals surface area contributed by atoms with Gasteiger partial charge in [0.15, 0.2) is 0 Å². The molecule has 0 saturated carbocycles. The number of nitro benzene ring substituents is 2. The Kier molecular flexibility index (Phi) is 4.89. The van der Waals surface area contributed by atoms with Gasteiger partial charge in [0.25, 0.3) is 17.3 Å². The van der Waals surface area contributed by atoms with Gasteiger partial charge < -0.3 is 11.1 Å². The molecule has 126 valence electrons. The number of nitrogens with two attached hydrogens (primary N) is 1. The number of amides is 1. The Morgan fingerprint density at radius 1 is 1.12 bits per heavy atom. The molecular formula is C15H11N5O5.